The Hall–Kier alpha value is -1.71. The van der Waals surface area contributed by atoms with Crippen LogP contribution in [0.2, 0.25) is 0 Å². The van der Waals surface area contributed by atoms with E-state index >= 15 is 0 Å². The number of carbonyl (C=O) groups excluding carboxylic acids is 1. The second-order valence-electron chi connectivity index (χ2n) is 2.55. The van der Waals surface area contributed by atoms with Crippen LogP contribution in [-0.2, 0) is 4.74 Å². The van der Waals surface area contributed by atoms with Gasteiger partial charge in [-0.25, -0.2) is 9.69 Å². The van der Waals surface area contributed by atoms with Crippen LogP contribution in [0.1, 0.15) is 6.92 Å². The lowest BCUT2D eigenvalue weighted by atomic mass is 10.5. The molecular formula is C10H13NO3. The molecule has 0 aromatic carbocycles. The van der Waals surface area contributed by atoms with Gasteiger partial charge in [0.15, 0.2) is 0 Å². The average molecular weight is 195 g/mol. The van der Waals surface area contributed by atoms with Gasteiger partial charge in [-0.3, -0.25) is 0 Å². The zero-order chi connectivity index (χ0) is 10.4. The highest BCUT2D eigenvalue weighted by atomic mass is 16.6. The Kier molecular flexibility index (Phi) is 3.79. The van der Waals surface area contributed by atoms with E-state index in [2.05, 4.69) is 6.58 Å². The van der Waals surface area contributed by atoms with Gasteiger partial charge in [0, 0.05) is 12.6 Å². The SMILES string of the molecule is C=CCN(C(=O)OCC)c1ccco1. The summed E-state index contributed by atoms with van der Waals surface area (Å²) in [5.41, 5.74) is 0. The molecule has 4 heteroatoms. The molecule has 0 unspecified atom stereocenters. The van der Waals surface area contributed by atoms with Crippen LogP contribution >= 0.6 is 0 Å². The Balaban J connectivity index is 2.73. The van der Waals surface area contributed by atoms with Crippen molar-refractivity contribution in [2.75, 3.05) is 18.1 Å². The van der Waals surface area contributed by atoms with Crippen LogP contribution in [0.4, 0.5) is 10.7 Å². The average Bonchev–Trinajstić information content (AvgIpc) is 2.67. The number of carbonyl (C=O) groups is 1. The topological polar surface area (TPSA) is 42.7 Å². The van der Waals surface area contributed by atoms with Gasteiger partial charge < -0.3 is 9.15 Å². The van der Waals surface area contributed by atoms with E-state index in [9.17, 15) is 4.79 Å². The van der Waals surface area contributed by atoms with Crippen LogP contribution < -0.4 is 4.90 Å². The minimum Gasteiger partial charge on any atom is -0.449 e. The van der Waals surface area contributed by atoms with Gasteiger partial charge in [-0.15, -0.1) is 6.58 Å². The third-order valence-electron chi connectivity index (χ3n) is 1.57. The van der Waals surface area contributed by atoms with Crippen molar-refractivity contribution in [1.29, 1.82) is 0 Å². The summed E-state index contributed by atoms with van der Waals surface area (Å²) in [6.45, 7) is 6.03. The number of hydrogen-bond acceptors (Lipinski definition) is 3. The number of amides is 1. The molecule has 1 amide bonds. The van der Waals surface area contributed by atoms with Crippen LogP contribution in [0.25, 0.3) is 0 Å². The van der Waals surface area contributed by atoms with Crippen LogP contribution in [0.5, 0.6) is 0 Å². The van der Waals surface area contributed by atoms with Crippen LogP contribution in [0, 0.1) is 0 Å². The summed E-state index contributed by atoms with van der Waals surface area (Å²) in [6, 6.07) is 3.41. The van der Waals surface area contributed by atoms with Crippen LogP contribution in [0.3, 0.4) is 0 Å². The molecule has 0 N–H and O–H groups in total. The number of rotatable bonds is 4. The standard InChI is InChI=1S/C10H13NO3/c1-3-7-11(10(12)13-4-2)9-6-5-8-14-9/h3,5-6,8H,1,4,7H2,2H3. The molecule has 1 heterocycles. The maximum absolute atomic E-state index is 11.4. The normalized spacial score (nSPS) is 9.50. The summed E-state index contributed by atoms with van der Waals surface area (Å²) >= 11 is 0. The first-order valence-corrected chi connectivity index (χ1v) is 4.38. The predicted octanol–water partition coefficient (Wildman–Crippen LogP) is 2.43. The van der Waals surface area contributed by atoms with E-state index in [4.69, 9.17) is 9.15 Å². The zero-order valence-electron chi connectivity index (χ0n) is 8.10. The molecule has 1 rings (SSSR count). The summed E-state index contributed by atoms with van der Waals surface area (Å²) in [5, 5.41) is 0. The van der Waals surface area contributed by atoms with Crippen molar-refractivity contribution in [1.82, 2.24) is 0 Å². The van der Waals surface area contributed by atoms with Crippen molar-refractivity contribution < 1.29 is 13.9 Å². The third-order valence-corrected chi connectivity index (χ3v) is 1.57. The van der Waals surface area contributed by atoms with E-state index in [1.807, 2.05) is 0 Å². The molecule has 76 valence electrons. The molecule has 0 saturated carbocycles. The van der Waals surface area contributed by atoms with Gasteiger partial charge in [0.05, 0.1) is 12.9 Å². The molecule has 0 aliphatic heterocycles. The minimum atomic E-state index is -0.428. The second kappa shape index (κ2) is 5.11. The number of nitrogens with zero attached hydrogens (tertiary/aromatic N) is 1. The Morgan fingerprint density at radius 3 is 3.07 bits per heavy atom. The molecule has 0 radical (unpaired) electrons. The highest BCUT2D eigenvalue weighted by Crippen LogP contribution is 2.15. The highest BCUT2D eigenvalue weighted by molar-refractivity contribution is 5.86. The second-order valence-corrected chi connectivity index (χ2v) is 2.55. The minimum absolute atomic E-state index is 0.340. The quantitative estimate of drug-likeness (QED) is 0.693. The van der Waals surface area contributed by atoms with Gasteiger partial charge in [-0.2, -0.15) is 0 Å². The lowest BCUT2D eigenvalue weighted by Gasteiger charge is -2.16. The van der Waals surface area contributed by atoms with Gasteiger partial charge >= 0.3 is 6.09 Å². The Labute approximate surface area is 82.8 Å². The van der Waals surface area contributed by atoms with Crippen LogP contribution in [-0.4, -0.2) is 19.2 Å². The Morgan fingerprint density at radius 2 is 2.57 bits per heavy atom. The van der Waals surface area contributed by atoms with Gasteiger partial charge in [-0.1, -0.05) is 6.08 Å². The Bertz CT molecular complexity index is 292. The molecule has 0 fully saturated rings. The molecule has 1 aromatic rings. The van der Waals surface area contributed by atoms with Crippen molar-refractivity contribution >= 4 is 12.0 Å². The van der Waals surface area contributed by atoms with E-state index in [1.54, 1.807) is 25.1 Å². The fourth-order valence-corrected chi connectivity index (χ4v) is 1.01. The van der Waals surface area contributed by atoms with Gasteiger partial charge in [0.1, 0.15) is 0 Å². The smallest absolute Gasteiger partial charge is 0.416 e. The van der Waals surface area contributed by atoms with E-state index in [0.717, 1.165) is 0 Å². The molecule has 4 nitrogen and oxygen atoms in total. The highest BCUT2D eigenvalue weighted by Gasteiger charge is 2.17. The number of hydrogen-bond donors (Lipinski definition) is 0. The Morgan fingerprint density at radius 1 is 1.79 bits per heavy atom. The molecule has 0 aliphatic rings. The first-order chi connectivity index (χ1) is 6.79. The number of furan rings is 1. The van der Waals surface area contributed by atoms with Gasteiger partial charge in [0.2, 0.25) is 5.88 Å². The fraction of sp³-hybridized carbons (Fsp3) is 0.300. The first kappa shape index (κ1) is 10.4. The summed E-state index contributed by atoms with van der Waals surface area (Å²) in [5.74, 6) is 0.461. The summed E-state index contributed by atoms with van der Waals surface area (Å²) in [6.07, 6.45) is 2.69. The van der Waals surface area contributed by atoms with Crippen molar-refractivity contribution in [3.8, 4) is 0 Å². The molecule has 0 saturated heterocycles. The molecule has 0 atom stereocenters. The fourth-order valence-electron chi connectivity index (χ4n) is 1.01. The van der Waals surface area contributed by atoms with Crippen molar-refractivity contribution in [2.45, 2.75) is 6.92 Å². The monoisotopic (exact) mass is 195 g/mol. The first-order valence-electron chi connectivity index (χ1n) is 4.38. The lowest BCUT2D eigenvalue weighted by Crippen LogP contribution is -2.31. The molecule has 0 spiro atoms. The molecular weight excluding hydrogens is 182 g/mol. The van der Waals surface area contributed by atoms with E-state index in [-0.39, 0.29) is 0 Å². The van der Waals surface area contributed by atoms with Crippen LogP contribution in [0.15, 0.2) is 35.5 Å². The molecule has 0 aliphatic carbocycles. The maximum atomic E-state index is 11.4. The summed E-state index contributed by atoms with van der Waals surface area (Å²) in [4.78, 5) is 12.8. The lowest BCUT2D eigenvalue weighted by molar-refractivity contribution is 0.159. The molecule has 1 aromatic heterocycles. The van der Waals surface area contributed by atoms with Crippen molar-refractivity contribution in [3.63, 3.8) is 0 Å². The van der Waals surface area contributed by atoms with Gasteiger partial charge in [0.25, 0.3) is 0 Å². The largest absolute Gasteiger partial charge is 0.449 e. The third kappa shape index (κ3) is 2.39. The molecule has 0 bridgehead atoms. The number of ether oxygens (including phenoxy) is 1. The van der Waals surface area contributed by atoms with E-state index in [0.29, 0.717) is 19.0 Å². The number of anilines is 1. The van der Waals surface area contributed by atoms with Crippen molar-refractivity contribution in [3.05, 3.63) is 31.1 Å². The van der Waals surface area contributed by atoms with E-state index in [1.165, 1.54) is 11.2 Å². The zero-order valence-corrected chi connectivity index (χ0v) is 8.10. The maximum Gasteiger partial charge on any atom is 0.416 e. The summed E-state index contributed by atoms with van der Waals surface area (Å²) in [7, 11) is 0. The molecule has 14 heavy (non-hydrogen) atoms. The van der Waals surface area contributed by atoms with E-state index < -0.39 is 6.09 Å². The van der Waals surface area contributed by atoms with Gasteiger partial charge in [-0.05, 0) is 13.0 Å². The van der Waals surface area contributed by atoms with Crippen molar-refractivity contribution in [2.24, 2.45) is 0 Å². The predicted molar refractivity (Wildman–Crippen MR) is 53.3 cm³/mol. The summed E-state index contributed by atoms with van der Waals surface area (Å²) < 4.78 is 9.95.